The van der Waals surface area contributed by atoms with Crippen LogP contribution >= 0.6 is 0 Å². The van der Waals surface area contributed by atoms with Crippen LogP contribution < -0.4 is 0 Å². The lowest BCUT2D eigenvalue weighted by Crippen LogP contribution is -1.97. The zero-order chi connectivity index (χ0) is 34.4. The molecule has 0 bridgehead atoms. The summed E-state index contributed by atoms with van der Waals surface area (Å²) >= 11 is 0. The Kier molecular flexibility index (Phi) is 7.18. The lowest BCUT2D eigenvalue weighted by atomic mass is 9.94. The molecule has 0 aliphatic carbocycles. The van der Waals surface area contributed by atoms with Crippen molar-refractivity contribution in [3.63, 3.8) is 0 Å². The van der Waals surface area contributed by atoms with Gasteiger partial charge in [0.25, 0.3) is 0 Å². The van der Waals surface area contributed by atoms with E-state index in [2.05, 4.69) is 194 Å². The average Bonchev–Trinajstić information content (AvgIpc) is 3.22. The normalized spacial score (nSPS) is 11.5. The van der Waals surface area contributed by atoms with Gasteiger partial charge in [-0.15, -0.1) is 0 Å². The van der Waals surface area contributed by atoms with Gasteiger partial charge in [-0.3, -0.25) is 0 Å². The highest BCUT2D eigenvalue weighted by Crippen LogP contribution is 2.38. The van der Waals surface area contributed by atoms with Crippen LogP contribution in [0, 0.1) is 0 Å². The molecule has 1 heterocycles. The molecule has 9 aromatic carbocycles. The first-order valence-electron chi connectivity index (χ1n) is 17.7. The van der Waals surface area contributed by atoms with Crippen molar-refractivity contribution in [1.82, 2.24) is 9.97 Å². The monoisotopic (exact) mass is 660 g/mol. The lowest BCUT2D eigenvalue weighted by molar-refractivity contribution is 1.19. The van der Waals surface area contributed by atoms with Crippen LogP contribution in [-0.4, -0.2) is 9.97 Å². The minimum absolute atomic E-state index is 0.705. The Labute approximate surface area is 302 Å². The molecule has 0 amide bonds. The zero-order valence-corrected chi connectivity index (χ0v) is 28.4. The molecule has 2 heteroatoms. The number of hydrogen-bond donors (Lipinski definition) is 0. The molecule has 10 aromatic rings. The Morgan fingerprint density at radius 3 is 1.37 bits per heavy atom. The van der Waals surface area contributed by atoms with Crippen LogP contribution in [0.3, 0.4) is 0 Å². The molecule has 1 aromatic heterocycles. The molecule has 2 nitrogen and oxygen atoms in total. The van der Waals surface area contributed by atoms with E-state index in [4.69, 9.17) is 9.97 Å². The van der Waals surface area contributed by atoms with Crippen molar-refractivity contribution >= 4 is 43.1 Å². The smallest absolute Gasteiger partial charge is 0.160 e. The van der Waals surface area contributed by atoms with Crippen molar-refractivity contribution in [2.75, 3.05) is 0 Å². The first-order valence-corrected chi connectivity index (χ1v) is 17.7. The van der Waals surface area contributed by atoms with E-state index in [1.807, 2.05) is 0 Å². The van der Waals surface area contributed by atoms with Gasteiger partial charge in [0.15, 0.2) is 5.82 Å². The van der Waals surface area contributed by atoms with E-state index < -0.39 is 0 Å². The SMILES string of the molecule is c1ccc(-c2cccc3c(-c4cc(-c5cccc6ccccc56)nc(-c5ccc6cc(-c7cccc8ccccc78)ccc6c5)n4)cccc23)cc1. The predicted molar refractivity (Wildman–Crippen MR) is 219 cm³/mol. The lowest BCUT2D eigenvalue weighted by Gasteiger charge is -2.14. The van der Waals surface area contributed by atoms with E-state index in [-0.39, 0.29) is 0 Å². The molecule has 242 valence electrons. The fourth-order valence-corrected chi connectivity index (χ4v) is 7.73. The number of nitrogens with zero attached hydrogens (tertiary/aromatic N) is 2. The van der Waals surface area contributed by atoms with Crippen LogP contribution in [0.4, 0.5) is 0 Å². The van der Waals surface area contributed by atoms with Gasteiger partial charge in [0.05, 0.1) is 11.4 Å². The van der Waals surface area contributed by atoms with Gasteiger partial charge in [-0.25, -0.2) is 9.97 Å². The minimum Gasteiger partial charge on any atom is -0.228 e. The first-order chi connectivity index (χ1) is 25.8. The molecule has 0 atom stereocenters. The van der Waals surface area contributed by atoms with Crippen LogP contribution in [0.2, 0.25) is 0 Å². The predicted octanol–water partition coefficient (Wildman–Crippen LogP) is 13.4. The summed E-state index contributed by atoms with van der Waals surface area (Å²) in [5, 5.41) is 9.56. The topological polar surface area (TPSA) is 25.8 Å². The molecule has 52 heavy (non-hydrogen) atoms. The molecule has 0 radical (unpaired) electrons. The fourth-order valence-electron chi connectivity index (χ4n) is 7.73. The van der Waals surface area contributed by atoms with Gasteiger partial charge in [-0.05, 0) is 83.5 Å². The van der Waals surface area contributed by atoms with Crippen molar-refractivity contribution in [3.8, 4) is 56.2 Å². The van der Waals surface area contributed by atoms with Crippen molar-refractivity contribution in [1.29, 1.82) is 0 Å². The van der Waals surface area contributed by atoms with Crippen molar-refractivity contribution in [3.05, 3.63) is 194 Å². The molecular weight excluding hydrogens is 629 g/mol. The summed E-state index contributed by atoms with van der Waals surface area (Å²) in [6, 6.07) is 69.3. The quantitative estimate of drug-likeness (QED) is 0.184. The maximum absolute atomic E-state index is 5.33. The number of rotatable bonds is 5. The van der Waals surface area contributed by atoms with Gasteiger partial charge in [0, 0.05) is 16.7 Å². The van der Waals surface area contributed by atoms with E-state index in [1.165, 1.54) is 54.6 Å². The maximum Gasteiger partial charge on any atom is 0.160 e. The Morgan fingerprint density at radius 2 is 0.692 bits per heavy atom. The molecule has 0 fully saturated rings. The Morgan fingerprint density at radius 1 is 0.250 bits per heavy atom. The van der Waals surface area contributed by atoms with Gasteiger partial charge in [0.2, 0.25) is 0 Å². The Hall–Kier alpha value is -6.90. The highest BCUT2D eigenvalue weighted by atomic mass is 14.9. The van der Waals surface area contributed by atoms with Crippen LogP contribution in [0.15, 0.2) is 194 Å². The highest BCUT2D eigenvalue weighted by Gasteiger charge is 2.16. The molecule has 0 aliphatic heterocycles. The van der Waals surface area contributed by atoms with Gasteiger partial charge in [-0.1, -0.05) is 176 Å². The van der Waals surface area contributed by atoms with Crippen LogP contribution in [0.1, 0.15) is 0 Å². The first kappa shape index (κ1) is 30.0. The molecule has 0 saturated carbocycles. The summed E-state index contributed by atoms with van der Waals surface area (Å²) in [4.78, 5) is 10.6. The van der Waals surface area contributed by atoms with Crippen LogP contribution in [0.5, 0.6) is 0 Å². The second-order valence-electron chi connectivity index (χ2n) is 13.4. The molecule has 0 unspecified atom stereocenters. The Balaban J connectivity index is 1.15. The molecule has 10 rings (SSSR count). The Bertz CT molecular complexity index is 2950. The summed E-state index contributed by atoms with van der Waals surface area (Å²) in [5.74, 6) is 0.705. The summed E-state index contributed by atoms with van der Waals surface area (Å²) < 4.78 is 0. The van der Waals surface area contributed by atoms with E-state index in [9.17, 15) is 0 Å². The van der Waals surface area contributed by atoms with E-state index in [0.717, 1.165) is 38.9 Å². The molecule has 0 N–H and O–H groups in total. The summed E-state index contributed by atoms with van der Waals surface area (Å²) in [5.41, 5.74) is 9.82. The van der Waals surface area contributed by atoms with Gasteiger partial charge < -0.3 is 0 Å². The maximum atomic E-state index is 5.33. The number of fused-ring (bicyclic) bond motifs is 4. The molecule has 0 saturated heterocycles. The second-order valence-corrected chi connectivity index (χ2v) is 13.4. The molecular formula is C50H32N2. The zero-order valence-electron chi connectivity index (χ0n) is 28.4. The van der Waals surface area contributed by atoms with Gasteiger partial charge in [-0.2, -0.15) is 0 Å². The summed E-state index contributed by atoms with van der Waals surface area (Å²) in [6.07, 6.45) is 0. The van der Waals surface area contributed by atoms with E-state index >= 15 is 0 Å². The van der Waals surface area contributed by atoms with E-state index in [0.29, 0.717) is 5.82 Å². The standard InChI is InChI=1S/C50H32N2/c1-2-12-33(13-3-1)41-21-10-23-45-44(41)22-11-25-47(45)49-32-48(46-24-9-17-35-15-5-7-19-42(35)46)51-50(52-49)39-29-27-36-30-38(28-26-37(36)31-39)43-20-8-16-34-14-4-6-18-40(34)43/h1-32H. The summed E-state index contributed by atoms with van der Waals surface area (Å²) in [6.45, 7) is 0. The minimum atomic E-state index is 0.705. The summed E-state index contributed by atoms with van der Waals surface area (Å²) in [7, 11) is 0. The largest absolute Gasteiger partial charge is 0.228 e. The van der Waals surface area contributed by atoms with Crippen molar-refractivity contribution in [2.24, 2.45) is 0 Å². The number of aromatic nitrogens is 2. The highest BCUT2D eigenvalue weighted by molar-refractivity contribution is 6.05. The third-order valence-corrected chi connectivity index (χ3v) is 10.3. The van der Waals surface area contributed by atoms with Gasteiger partial charge >= 0.3 is 0 Å². The van der Waals surface area contributed by atoms with Crippen molar-refractivity contribution < 1.29 is 0 Å². The third kappa shape index (κ3) is 5.21. The average molecular weight is 661 g/mol. The third-order valence-electron chi connectivity index (χ3n) is 10.3. The number of hydrogen-bond acceptors (Lipinski definition) is 2. The molecule has 0 spiro atoms. The fraction of sp³-hybridized carbons (Fsp3) is 0. The number of benzene rings is 9. The van der Waals surface area contributed by atoms with Crippen LogP contribution in [-0.2, 0) is 0 Å². The van der Waals surface area contributed by atoms with Gasteiger partial charge in [0.1, 0.15) is 0 Å². The second kappa shape index (κ2) is 12.5. The van der Waals surface area contributed by atoms with Crippen LogP contribution in [0.25, 0.3) is 99.2 Å². The molecule has 0 aliphatic rings. The van der Waals surface area contributed by atoms with E-state index in [1.54, 1.807) is 0 Å². The van der Waals surface area contributed by atoms with Crippen molar-refractivity contribution in [2.45, 2.75) is 0 Å².